The Balaban J connectivity index is 0.000000185. The number of benzene rings is 6. The molecule has 6 aromatic carbocycles. The summed E-state index contributed by atoms with van der Waals surface area (Å²) in [5, 5.41) is 11.6. The first kappa shape index (κ1) is 49.5. The minimum absolute atomic E-state index is 0.0248. The lowest BCUT2D eigenvalue weighted by Gasteiger charge is -2.13. The van der Waals surface area contributed by atoms with E-state index in [2.05, 4.69) is 53.1 Å². The number of aromatic nitrogens is 1. The fourth-order valence-corrected chi connectivity index (χ4v) is 7.71. The van der Waals surface area contributed by atoms with E-state index in [1.54, 1.807) is 24.3 Å². The van der Waals surface area contributed by atoms with Gasteiger partial charge in [0.15, 0.2) is 17.4 Å². The van der Waals surface area contributed by atoms with Gasteiger partial charge in [0.05, 0.1) is 34.8 Å². The zero-order valence-corrected chi connectivity index (χ0v) is 39.8. The van der Waals surface area contributed by atoms with Crippen molar-refractivity contribution in [2.75, 3.05) is 45.4 Å². The molecule has 7 aromatic rings. The molecule has 68 heavy (non-hydrogen) atoms. The van der Waals surface area contributed by atoms with Crippen LogP contribution in [0.2, 0.25) is 0 Å². The highest BCUT2D eigenvalue weighted by Gasteiger charge is 2.38. The lowest BCUT2D eigenvalue weighted by molar-refractivity contribution is -0.122. The number of anilines is 2. The van der Waals surface area contributed by atoms with Crippen LogP contribution in [0.3, 0.4) is 0 Å². The Bertz CT molecular complexity index is 2970. The number of nitrogen functional groups attached to an aromatic ring is 1. The maximum absolute atomic E-state index is 13.1. The molecule has 0 fully saturated rings. The molecular formula is C56H58N6O6. The molecule has 2 amide bonds. The molecule has 0 saturated carbocycles. The van der Waals surface area contributed by atoms with Crippen molar-refractivity contribution in [3.63, 3.8) is 0 Å². The number of hydrogen-bond acceptors (Lipinski definition) is 10. The molecule has 0 saturated heterocycles. The second-order valence-electron chi connectivity index (χ2n) is 16.8. The summed E-state index contributed by atoms with van der Waals surface area (Å²) in [6.07, 6.45) is 0. The molecule has 0 spiro atoms. The highest BCUT2D eigenvalue weighted by atomic mass is 16.5. The van der Waals surface area contributed by atoms with Crippen molar-refractivity contribution in [1.29, 1.82) is 0 Å². The van der Waals surface area contributed by atoms with Crippen LogP contribution in [0.1, 0.15) is 81.8 Å². The van der Waals surface area contributed by atoms with Gasteiger partial charge in [-0.15, -0.1) is 0 Å². The number of aliphatic imine (C=N–C) groups is 1. The maximum Gasteiger partial charge on any atom is 0.269 e. The van der Waals surface area contributed by atoms with Gasteiger partial charge >= 0.3 is 0 Å². The van der Waals surface area contributed by atoms with Crippen molar-refractivity contribution < 1.29 is 29.0 Å². The monoisotopic (exact) mass is 910 g/mol. The lowest BCUT2D eigenvalue weighted by Crippen LogP contribution is -2.31. The molecule has 0 aliphatic carbocycles. The number of nitrogens with one attached hydrogen (secondary N) is 1. The molecule has 1 aliphatic heterocycles. The number of fused-ring (bicyclic) bond motifs is 2. The number of ether oxygens (including phenoxy) is 1. The van der Waals surface area contributed by atoms with Gasteiger partial charge in [-0.3, -0.25) is 19.2 Å². The number of Topliss-reactive ketones (excluding diaryl/α,β-unsaturated/α-hetero) is 2. The number of aromatic amines is 1. The van der Waals surface area contributed by atoms with Crippen LogP contribution in [0.15, 0.2) is 151 Å². The molecule has 1 aromatic heterocycles. The molecule has 2 heterocycles. The second-order valence-corrected chi connectivity index (χ2v) is 16.8. The average molecular weight is 911 g/mol. The van der Waals surface area contributed by atoms with Gasteiger partial charge in [0.2, 0.25) is 5.91 Å². The first-order valence-corrected chi connectivity index (χ1v) is 22.2. The Morgan fingerprint density at radius 1 is 0.676 bits per heavy atom. The van der Waals surface area contributed by atoms with Gasteiger partial charge in [-0.25, -0.2) is 9.89 Å². The van der Waals surface area contributed by atoms with E-state index in [4.69, 9.17) is 15.5 Å². The van der Waals surface area contributed by atoms with Crippen molar-refractivity contribution in [2.24, 2.45) is 4.99 Å². The normalized spacial score (nSPS) is 12.8. The quantitative estimate of drug-likeness (QED) is 0.0356. The Morgan fingerprint density at radius 3 is 1.74 bits per heavy atom. The Morgan fingerprint density at radius 2 is 1.21 bits per heavy atom. The molecule has 0 radical (unpaired) electrons. The summed E-state index contributed by atoms with van der Waals surface area (Å²) in [6.45, 7) is 8.36. The molecule has 348 valence electrons. The van der Waals surface area contributed by atoms with Gasteiger partial charge in [-0.2, -0.15) is 0 Å². The molecule has 12 nitrogen and oxygen atoms in total. The second kappa shape index (κ2) is 22.5. The van der Waals surface area contributed by atoms with Gasteiger partial charge in [0, 0.05) is 64.4 Å². The summed E-state index contributed by atoms with van der Waals surface area (Å²) < 4.78 is 5.80. The van der Waals surface area contributed by atoms with E-state index >= 15 is 0 Å². The van der Waals surface area contributed by atoms with Crippen molar-refractivity contribution in [2.45, 2.75) is 40.8 Å². The Hall–Kier alpha value is -7.93. The zero-order chi connectivity index (χ0) is 49.1. The van der Waals surface area contributed by atoms with Crippen LogP contribution in [0.5, 0.6) is 5.88 Å². The molecule has 12 heteroatoms. The zero-order valence-electron chi connectivity index (χ0n) is 39.8. The minimum atomic E-state index is -0.444. The van der Waals surface area contributed by atoms with Crippen LogP contribution in [-0.2, 0) is 27.4 Å². The summed E-state index contributed by atoms with van der Waals surface area (Å²) >= 11 is 0. The topological polar surface area (TPSA) is 162 Å². The number of carbonyl (C=O) groups excluding carboxylic acids is 4. The van der Waals surface area contributed by atoms with E-state index in [1.807, 2.05) is 118 Å². The van der Waals surface area contributed by atoms with Crippen LogP contribution in [0.25, 0.3) is 22.2 Å². The third-order valence-corrected chi connectivity index (χ3v) is 10.8. The predicted octanol–water partition coefficient (Wildman–Crippen LogP) is 10.3. The molecule has 0 bridgehead atoms. The van der Waals surface area contributed by atoms with Crippen LogP contribution in [-0.4, -0.2) is 83.8 Å². The fourth-order valence-electron chi connectivity index (χ4n) is 7.71. The number of imide groups is 1. The van der Waals surface area contributed by atoms with Crippen molar-refractivity contribution in [1.82, 2.24) is 14.8 Å². The maximum atomic E-state index is 13.1. The summed E-state index contributed by atoms with van der Waals surface area (Å²) in [5.41, 5.74) is 15.6. The van der Waals surface area contributed by atoms with Gasteiger partial charge in [0.1, 0.15) is 5.76 Å². The van der Waals surface area contributed by atoms with Crippen LogP contribution in [0, 0.1) is 0 Å². The van der Waals surface area contributed by atoms with Crippen molar-refractivity contribution in [3.05, 3.63) is 190 Å². The molecule has 1 aliphatic rings. The first-order chi connectivity index (χ1) is 32.6. The van der Waals surface area contributed by atoms with Crippen LogP contribution >= 0.6 is 0 Å². The molecule has 4 N–H and O–H groups in total. The lowest BCUT2D eigenvalue weighted by atomic mass is 9.99. The van der Waals surface area contributed by atoms with E-state index in [-0.39, 0.29) is 23.4 Å². The predicted molar refractivity (Wildman–Crippen MR) is 273 cm³/mol. The number of amides is 2. The van der Waals surface area contributed by atoms with Crippen molar-refractivity contribution >= 4 is 68.4 Å². The van der Waals surface area contributed by atoms with Gasteiger partial charge < -0.3 is 30.4 Å². The molecular weight excluding hydrogens is 853 g/mol. The number of nitrogens with two attached hydrogens (primary N) is 1. The van der Waals surface area contributed by atoms with Crippen molar-refractivity contribution in [3.8, 4) is 5.88 Å². The van der Waals surface area contributed by atoms with E-state index in [1.165, 1.54) is 31.9 Å². The van der Waals surface area contributed by atoms with Crippen LogP contribution in [0.4, 0.5) is 17.1 Å². The summed E-state index contributed by atoms with van der Waals surface area (Å²) in [4.78, 5) is 62.2. The Labute approximate surface area is 398 Å². The largest absolute Gasteiger partial charge is 0.494 e. The number of ketones is 2. The molecule has 8 rings (SSSR count). The van der Waals surface area contributed by atoms with E-state index in [0.717, 1.165) is 51.4 Å². The molecule has 0 unspecified atom stereocenters. The van der Waals surface area contributed by atoms with Gasteiger partial charge in [-0.1, -0.05) is 84.9 Å². The third-order valence-electron chi connectivity index (χ3n) is 10.8. The van der Waals surface area contributed by atoms with Gasteiger partial charge in [0.25, 0.3) is 5.91 Å². The van der Waals surface area contributed by atoms with E-state index in [0.29, 0.717) is 51.6 Å². The number of carbonyl (C=O) groups is 4. The highest BCUT2D eigenvalue weighted by Crippen LogP contribution is 2.42. The number of H-pyrrole nitrogens is 1. The third kappa shape index (κ3) is 12.1. The summed E-state index contributed by atoms with van der Waals surface area (Å²) in [7, 11) is 8.18. The standard InChI is InChI=1S/C26H25N3O2.C21H19NO4.C9H14N2/c1-17(30)20-11-14-23-22(15-20)24(26(31)28-23)25(19-7-5-4-6-8-19)27-21-12-9-18(10-13-21)16-29(2)3;1-4-26-20(15-8-6-5-7-9-15)19-17-12-16(13(2)23)10-11-18(17)22(14(3)24)21(19)25;1-11(2)7-8-3-5-9(10)6-4-8/h4-15,28,31H,16H2,1-3H3;5-12H,4H2,1-3H3;3-6H,7,10H2,1-2H3/b;20-19-;. The SMILES string of the molecule is CC(=O)c1ccc2[nH]c(O)c(C(=Nc3ccc(CN(C)C)cc3)c3ccccc3)c2c1.CCO/C(=C1\C(=O)N(C(C)=O)c2ccc(C(C)=O)cc21)c1ccccc1.CN(C)Cc1ccc(N)cc1. The summed E-state index contributed by atoms with van der Waals surface area (Å²) in [6, 6.07) is 45.3. The van der Waals surface area contributed by atoms with Gasteiger partial charge in [-0.05, 0) is 121 Å². The van der Waals surface area contributed by atoms with Crippen LogP contribution < -0.4 is 10.6 Å². The minimum Gasteiger partial charge on any atom is -0.494 e. The number of hydrogen-bond donors (Lipinski definition) is 3. The average Bonchev–Trinajstić information content (AvgIpc) is 3.80. The summed E-state index contributed by atoms with van der Waals surface area (Å²) in [5.74, 6) is -0.528. The smallest absolute Gasteiger partial charge is 0.269 e. The highest BCUT2D eigenvalue weighted by molar-refractivity contribution is 6.43. The first-order valence-electron chi connectivity index (χ1n) is 22.2. The Kier molecular flexibility index (Phi) is 16.4. The van der Waals surface area contributed by atoms with E-state index in [9.17, 15) is 24.3 Å². The number of rotatable bonds is 12. The number of nitrogens with zero attached hydrogens (tertiary/aromatic N) is 4. The van der Waals surface area contributed by atoms with E-state index < -0.39 is 5.91 Å². The number of aromatic hydroxyl groups is 1. The molecule has 0 atom stereocenters. The fraction of sp³-hybridized carbons (Fsp3) is 0.196.